The van der Waals surface area contributed by atoms with Crippen molar-refractivity contribution in [2.24, 2.45) is 0 Å². The number of ether oxygens (including phenoxy) is 1. The average Bonchev–Trinajstić information content (AvgIpc) is 3.20. The summed E-state index contributed by atoms with van der Waals surface area (Å²) in [6.45, 7) is 0. The molecule has 1 aliphatic rings. The highest BCUT2D eigenvalue weighted by Gasteiger charge is 2.21. The van der Waals surface area contributed by atoms with Crippen molar-refractivity contribution in [1.29, 1.82) is 5.26 Å². The monoisotopic (exact) mass is 395 g/mol. The summed E-state index contributed by atoms with van der Waals surface area (Å²) in [4.78, 5) is 23.2. The number of nitro benzene ring substituents is 1. The molecule has 3 rings (SSSR count). The van der Waals surface area contributed by atoms with Gasteiger partial charge < -0.3 is 14.5 Å². The lowest BCUT2D eigenvalue weighted by Crippen LogP contribution is -2.36. The summed E-state index contributed by atoms with van der Waals surface area (Å²) in [5.74, 6) is 0.446. The van der Waals surface area contributed by atoms with E-state index in [0.717, 1.165) is 25.7 Å². The molecule has 0 radical (unpaired) electrons. The van der Waals surface area contributed by atoms with E-state index in [2.05, 4.69) is 5.32 Å². The first-order valence-corrected chi connectivity index (χ1v) is 9.37. The summed E-state index contributed by atoms with van der Waals surface area (Å²) in [7, 11) is 1.43. The van der Waals surface area contributed by atoms with Crippen LogP contribution in [-0.4, -0.2) is 24.0 Å². The molecule has 8 heteroatoms. The molecule has 0 unspecified atom stereocenters. The van der Waals surface area contributed by atoms with Gasteiger partial charge in [0.1, 0.15) is 28.9 Å². The van der Waals surface area contributed by atoms with Gasteiger partial charge in [-0.1, -0.05) is 19.3 Å². The second kappa shape index (κ2) is 9.06. The highest BCUT2D eigenvalue weighted by molar-refractivity contribution is 6.01. The lowest BCUT2D eigenvalue weighted by Gasteiger charge is -2.22. The number of nitrogens with zero attached hydrogens (tertiary/aromatic N) is 2. The van der Waals surface area contributed by atoms with Crippen molar-refractivity contribution in [3.8, 4) is 23.1 Å². The van der Waals surface area contributed by atoms with E-state index in [-0.39, 0.29) is 34.4 Å². The van der Waals surface area contributed by atoms with Gasteiger partial charge in [0.25, 0.3) is 11.6 Å². The summed E-state index contributed by atoms with van der Waals surface area (Å²) < 4.78 is 10.7. The standard InChI is InChI=1S/C21H21N3O5/c1-28-16-7-9-18(19(12-16)24(26)27)20-10-8-17(29-20)11-14(13-22)21(25)23-15-5-3-2-4-6-15/h7-12,15H,2-6H2,1H3,(H,23,25). The zero-order valence-corrected chi connectivity index (χ0v) is 16.0. The summed E-state index contributed by atoms with van der Waals surface area (Å²) in [5, 5.41) is 23.6. The zero-order valence-electron chi connectivity index (χ0n) is 16.0. The molecule has 150 valence electrons. The van der Waals surface area contributed by atoms with Crippen LogP contribution in [0.2, 0.25) is 0 Å². The maximum Gasteiger partial charge on any atom is 0.284 e. The van der Waals surface area contributed by atoms with Crippen molar-refractivity contribution in [2.75, 3.05) is 7.11 Å². The van der Waals surface area contributed by atoms with Crippen LogP contribution in [-0.2, 0) is 4.79 Å². The van der Waals surface area contributed by atoms with Gasteiger partial charge in [0.05, 0.1) is 23.7 Å². The largest absolute Gasteiger partial charge is 0.497 e. The van der Waals surface area contributed by atoms with Crippen LogP contribution in [0.1, 0.15) is 37.9 Å². The highest BCUT2D eigenvalue weighted by Crippen LogP contribution is 2.34. The quantitative estimate of drug-likeness (QED) is 0.338. The number of hydrogen-bond acceptors (Lipinski definition) is 6. The van der Waals surface area contributed by atoms with Gasteiger partial charge in [-0.3, -0.25) is 14.9 Å². The van der Waals surface area contributed by atoms with E-state index >= 15 is 0 Å². The summed E-state index contributed by atoms with van der Waals surface area (Å²) in [6, 6.07) is 9.55. The molecular formula is C21H21N3O5. The highest BCUT2D eigenvalue weighted by atomic mass is 16.6. The van der Waals surface area contributed by atoms with Crippen LogP contribution >= 0.6 is 0 Å². The third-order valence-corrected chi connectivity index (χ3v) is 4.89. The SMILES string of the molecule is COc1ccc(-c2ccc(C=C(C#N)C(=O)NC3CCCCC3)o2)c([N+](=O)[O-])c1. The molecule has 1 amide bonds. The van der Waals surface area contributed by atoms with Crippen LogP contribution < -0.4 is 10.1 Å². The number of amides is 1. The Hall–Kier alpha value is -3.60. The second-order valence-corrected chi connectivity index (χ2v) is 6.82. The minimum Gasteiger partial charge on any atom is -0.497 e. The number of hydrogen-bond donors (Lipinski definition) is 1. The number of methoxy groups -OCH3 is 1. The van der Waals surface area contributed by atoms with Crippen LogP contribution in [0, 0.1) is 21.4 Å². The van der Waals surface area contributed by atoms with Crippen molar-refractivity contribution in [3.05, 3.63) is 51.8 Å². The normalized spacial score (nSPS) is 14.8. The van der Waals surface area contributed by atoms with Crippen molar-refractivity contribution < 1.29 is 18.9 Å². The van der Waals surface area contributed by atoms with E-state index in [1.54, 1.807) is 18.2 Å². The molecule has 0 saturated heterocycles. The lowest BCUT2D eigenvalue weighted by atomic mass is 9.95. The second-order valence-electron chi connectivity index (χ2n) is 6.82. The van der Waals surface area contributed by atoms with Crippen molar-refractivity contribution in [3.63, 3.8) is 0 Å². The molecule has 0 spiro atoms. The molecule has 0 bridgehead atoms. The molecule has 1 N–H and O–H groups in total. The summed E-state index contributed by atoms with van der Waals surface area (Å²) in [5.41, 5.74) is 0.0473. The summed E-state index contributed by atoms with van der Waals surface area (Å²) in [6.07, 6.45) is 6.47. The van der Waals surface area contributed by atoms with Crippen LogP contribution in [0.3, 0.4) is 0 Å². The van der Waals surface area contributed by atoms with Gasteiger partial charge in [0.2, 0.25) is 0 Å². The Morgan fingerprint density at radius 3 is 2.72 bits per heavy atom. The minimum absolute atomic E-state index is 0.0688. The van der Waals surface area contributed by atoms with Gasteiger partial charge >= 0.3 is 0 Å². The Morgan fingerprint density at radius 1 is 1.31 bits per heavy atom. The van der Waals surface area contributed by atoms with Gasteiger partial charge in [-0.2, -0.15) is 5.26 Å². The Bertz CT molecular complexity index is 980. The van der Waals surface area contributed by atoms with E-state index in [1.807, 2.05) is 6.07 Å². The predicted molar refractivity (Wildman–Crippen MR) is 106 cm³/mol. The fraction of sp³-hybridized carbons (Fsp3) is 0.333. The molecule has 8 nitrogen and oxygen atoms in total. The zero-order chi connectivity index (χ0) is 20.8. The molecule has 29 heavy (non-hydrogen) atoms. The summed E-state index contributed by atoms with van der Waals surface area (Å²) >= 11 is 0. The van der Waals surface area contributed by atoms with Gasteiger partial charge in [0, 0.05) is 12.1 Å². The number of nitriles is 1. The number of carbonyl (C=O) groups is 1. The van der Waals surface area contributed by atoms with Gasteiger partial charge in [-0.25, -0.2) is 0 Å². The minimum atomic E-state index is -0.520. The first-order valence-electron chi connectivity index (χ1n) is 9.37. The van der Waals surface area contributed by atoms with E-state index in [0.29, 0.717) is 5.75 Å². The topological polar surface area (TPSA) is 118 Å². The Balaban J connectivity index is 1.82. The van der Waals surface area contributed by atoms with Gasteiger partial charge in [0.15, 0.2) is 0 Å². The fourth-order valence-electron chi connectivity index (χ4n) is 3.37. The Morgan fingerprint density at radius 2 is 2.07 bits per heavy atom. The van der Waals surface area contributed by atoms with Crippen LogP contribution in [0.25, 0.3) is 17.4 Å². The van der Waals surface area contributed by atoms with Crippen molar-refractivity contribution in [1.82, 2.24) is 5.32 Å². The van der Waals surface area contributed by atoms with E-state index < -0.39 is 10.8 Å². The van der Waals surface area contributed by atoms with Crippen LogP contribution in [0.4, 0.5) is 5.69 Å². The Labute approximate surface area is 167 Å². The third kappa shape index (κ3) is 4.82. The maximum absolute atomic E-state index is 12.4. The first-order chi connectivity index (χ1) is 14.0. The van der Waals surface area contributed by atoms with Gasteiger partial charge in [-0.15, -0.1) is 0 Å². The van der Waals surface area contributed by atoms with E-state index in [9.17, 15) is 20.2 Å². The number of furan rings is 1. The Kier molecular flexibility index (Phi) is 6.29. The number of benzene rings is 1. The van der Waals surface area contributed by atoms with Crippen LogP contribution in [0.15, 0.2) is 40.3 Å². The van der Waals surface area contributed by atoms with Gasteiger partial charge in [-0.05, 0) is 37.1 Å². The number of rotatable bonds is 6. The first kappa shape index (κ1) is 20.1. The number of nitrogens with one attached hydrogen (secondary N) is 1. The molecular weight excluding hydrogens is 374 g/mol. The lowest BCUT2D eigenvalue weighted by molar-refractivity contribution is -0.384. The van der Waals surface area contributed by atoms with Crippen molar-refractivity contribution in [2.45, 2.75) is 38.1 Å². The predicted octanol–water partition coefficient (Wildman–Crippen LogP) is 4.22. The van der Waals surface area contributed by atoms with E-state index in [1.165, 1.54) is 31.7 Å². The van der Waals surface area contributed by atoms with E-state index in [4.69, 9.17) is 9.15 Å². The maximum atomic E-state index is 12.4. The molecule has 0 atom stereocenters. The average molecular weight is 395 g/mol. The molecule has 1 fully saturated rings. The molecule has 1 aliphatic carbocycles. The number of nitro groups is 1. The smallest absolute Gasteiger partial charge is 0.284 e. The molecule has 1 aromatic carbocycles. The third-order valence-electron chi connectivity index (χ3n) is 4.89. The molecule has 1 heterocycles. The number of carbonyl (C=O) groups excluding carboxylic acids is 1. The van der Waals surface area contributed by atoms with Crippen molar-refractivity contribution >= 4 is 17.7 Å². The fourth-order valence-corrected chi connectivity index (χ4v) is 3.37. The molecule has 1 saturated carbocycles. The van der Waals surface area contributed by atoms with Crippen LogP contribution in [0.5, 0.6) is 5.75 Å². The molecule has 0 aliphatic heterocycles. The molecule has 1 aromatic heterocycles. The molecule has 2 aromatic rings.